The van der Waals surface area contributed by atoms with Gasteiger partial charge in [-0.1, -0.05) is 0 Å². The molecule has 0 aliphatic rings. The minimum Gasteiger partial charge on any atom is -0.475 e. The first-order valence-electron chi connectivity index (χ1n) is 5.26. The number of H-pyrrole nitrogens is 1. The van der Waals surface area contributed by atoms with Crippen LogP contribution < -0.4 is 5.32 Å². The van der Waals surface area contributed by atoms with E-state index in [1.54, 1.807) is 0 Å². The van der Waals surface area contributed by atoms with Crippen molar-refractivity contribution in [3.05, 3.63) is 29.7 Å². The number of benzene rings is 1. The quantitative estimate of drug-likeness (QED) is 0.578. The highest BCUT2D eigenvalue weighted by atomic mass is 19.1. The second-order valence-electron chi connectivity index (χ2n) is 3.86. The van der Waals surface area contributed by atoms with Crippen LogP contribution in [0.3, 0.4) is 0 Å². The number of aromatic amines is 1. The molecule has 1 heterocycles. The summed E-state index contributed by atoms with van der Waals surface area (Å²) in [6, 6.07) is 2.38. The maximum atomic E-state index is 13.7. The Morgan fingerprint density at radius 1 is 1.32 bits per heavy atom. The summed E-state index contributed by atoms with van der Waals surface area (Å²) in [5.74, 6) is -4.00. The van der Waals surface area contributed by atoms with Crippen molar-refractivity contribution in [1.82, 2.24) is 4.98 Å². The number of carbonyl (C=O) groups is 3. The third-order valence-electron chi connectivity index (χ3n) is 2.53. The lowest BCUT2D eigenvalue weighted by atomic mass is 10.1. The highest BCUT2D eigenvalue weighted by Crippen LogP contribution is 2.28. The number of Topliss-reactive ketones (excluding diaryl/α,β-unsaturated/α-hetero) is 1. The van der Waals surface area contributed by atoms with E-state index in [0.29, 0.717) is 0 Å². The molecule has 2 rings (SSSR count). The second kappa shape index (κ2) is 4.52. The number of amides is 1. The van der Waals surface area contributed by atoms with Crippen molar-refractivity contribution in [2.24, 2.45) is 0 Å². The van der Waals surface area contributed by atoms with Crippen molar-refractivity contribution >= 4 is 34.3 Å². The monoisotopic (exact) mass is 264 g/mol. The molecule has 6 nitrogen and oxygen atoms in total. The second-order valence-corrected chi connectivity index (χ2v) is 3.86. The van der Waals surface area contributed by atoms with Gasteiger partial charge in [0, 0.05) is 18.5 Å². The van der Waals surface area contributed by atoms with E-state index in [2.05, 4.69) is 10.3 Å². The highest BCUT2D eigenvalue weighted by Gasteiger charge is 2.22. The Morgan fingerprint density at radius 2 is 2.00 bits per heavy atom. The lowest BCUT2D eigenvalue weighted by Crippen LogP contribution is -2.12. The van der Waals surface area contributed by atoms with E-state index in [-0.39, 0.29) is 28.1 Å². The summed E-state index contributed by atoms with van der Waals surface area (Å²) in [5.41, 5.74) is 0.153. The fourth-order valence-electron chi connectivity index (χ4n) is 1.80. The Balaban J connectivity index is 2.68. The normalized spacial score (nSPS) is 10.4. The summed E-state index contributed by atoms with van der Waals surface area (Å²) in [5, 5.41) is 11.0. The third-order valence-corrected chi connectivity index (χ3v) is 2.53. The number of carboxylic acid groups (broad SMARTS) is 1. The summed E-state index contributed by atoms with van der Waals surface area (Å²) < 4.78 is 13.7. The van der Waals surface area contributed by atoms with Gasteiger partial charge >= 0.3 is 5.97 Å². The zero-order valence-electron chi connectivity index (χ0n) is 9.78. The molecule has 1 amide bonds. The molecule has 0 atom stereocenters. The van der Waals surface area contributed by atoms with Crippen LogP contribution in [0.15, 0.2) is 18.3 Å². The molecule has 0 radical (unpaired) electrons. The van der Waals surface area contributed by atoms with Crippen molar-refractivity contribution in [2.75, 3.05) is 5.32 Å². The van der Waals surface area contributed by atoms with Gasteiger partial charge < -0.3 is 15.4 Å². The predicted octanol–water partition coefficient (Wildman–Crippen LogP) is 1.53. The van der Waals surface area contributed by atoms with Gasteiger partial charge in [0.1, 0.15) is 5.82 Å². The molecule has 1 aromatic carbocycles. The Morgan fingerprint density at radius 3 is 2.58 bits per heavy atom. The Labute approximate surface area is 106 Å². The number of aliphatic carboxylic acids is 1. The molecular weight excluding hydrogens is 255 g/mol. The number of anilines is 1. The van der Waals surface area contributed by atoms with Crippen LogP contribution in [-0.4, -0.2) is 27.8 Å². The molecule has 19 heavy (non-hydrogen) atoms. The number of halogens is 1. The van der Waals surface area contributed by atoms with Crippen LogP contribution in [0.2, 0.25) is 0 Å². The maximum Gasteiger partial charge on any atom is 0.377 e. The van der Waals surface area contributed by atoms with Crippen molar-refractivity contribution in [2.45, 2.75) is 6.92 Å². The molecule has 0 bridgehead atoms. The largest absolute Gasteiger partial charge is 0.475 e. The van der Waals surface area contributed by atoms with Crippen LogP contribution in [0.5, 0.6) is 0 Å². The van der Waals surface area contributed by atoms with E-state index < -0.39 is 17.6 Å². The molecule has 98 valence electrons. The molecule has 0 spiro atoms. The van der Waals surface area contributed by atoms with Crippen LogP contribution in [0, 0.1) is 5.82 Å². The minimum absolute atomic E-state index is 0.154. The first-order chi connectivity index (χ1) is 8.91. The average molecular weight is 264 g/mol. The lowest BCUT2D eigenvalue weighted by molar-refractivity contribution is -0.131. The molecule has 2 aromatic rings. The molecule has 0 unspecified atom stereocenters. The molecule has 0 aliphatic heterocycles. The average Bonchev–Trinajstić information content (AvgIpc) is 2.76. The van der Waals surface area contributed by atoms with E-state index in [0.717, 1.165) is 12.3 Å². The first kappa shape index (κ1) is 12.7. The van der Waals surface area contributed by atoms with Gasteiger partial charge in [0.25, 0.3) is 5.78 Å². The fraction of sp³-hybridized carbons (Fsp3) is 0.0833. The Hall–Kier alpha value is -2.70. The zero-order chi connectivity index (χ0) is 14.2. The number of carbonyl (C=O) groups excluding carboxylic acids is 2. The number of fused-ring (bicyclic) bond motifs is 1. The smallest absolute Gasteiger partial charge is 0.377 e. The van der Waals surface area contributed by atoms with Crippen molar-refractivity contribution in [1.29, 1.82) is 0 Å². The summed E-state index contributed by atoms with van der Waals surface area (Å²) in [4.78, 5) is 35.7. The van der Waals surface area contributed by atoms with Gasteiger partial charge in [-0.25, -0.2) is 9.18 Å². The number of carboxylic acids is 1. The number of ketones is 1. The Kier molecular flexibility index (Phi) is 3.04. The minimum atomic E-state index is -1.68. The molecular formula is C12H9FN2O4. The SMILES string of the molecule is CC(=O)Nc1ccc(F)c2c(C(=O)C(=O)O)c[nH]c12. The summed E-state index contributed by atoms with van der Waals surface area (Å²) >= 11 is 0. The van der Waals surface area contributed by atoms with E-state index in [1.165, 1.54) is 13.0 Å². The number of hydrogen-bond donors (Lipinski definition) is 3. The van der Waals surface area contributed by atoms with Crippen LogP contribution in [0.25, 0.3) is 10.9 Å². The number of nitrogens with one attached hydrogen (secondary N) is 2. The van der Waals surface area contributed by atoms with Gasteiger partial charge in [-0.15, -0.1) is 0 Å². The van der Waals surface area contributed by atoms with Crippen molar-refractivity contribution < 1.29 is 23.9 Å². The van der Waals surface area contributed by atoms with E-state index >= 15 is 0 Å². The van der Waals surface area contributed by atoms with Crippen LogP contribution >= 0.6 is 0 Å². The third kappa shape index (κ3) is 2.17. The summed E-state index contributed by atoms with van der Waals surface area (Å²) in [6.45, 7) is 1.28. The highest BCUT2D eigenvalue weighted by molar-refractivity contribution is 6.42. The molecule has 7 heteroatoms. The lowest BCUT2D eigenvalue weighted by Gasteiger charge is -2.04. The summed E-state index contributed by atoms with van der Waals surface area (Å²) in [6.07, 6.45) is 1.11. The number of aromatic nitrogens is 1. The van der Waals surface area contributed by atoms with Gasteiger partial charge in [-0.2, -0.15) is 0 Å². The Bertz CT molecular complexity index is 705. The maximum absolute atomic E-state index is 13.7. The molecule has 0 saturated heterocycles. The van der Waals surface area contributed by atoms with Gasteiger partial charge in [0.15, 0.2) is 0 Å². The molecule has 3 N–H and O–H groups in total. The number of hydrogen-bond acceptors (Lipinski definition) is 3. The van der Waals surface area contributed by atoms with Gasteiger partial charge in [0.05, 0.1) is 16.8 Å². The molecule has 0 aliphatic carbocycles. The number of rotatable bonds is 3. The standard InChI is InChI=1S/C12H9FN2O4/c1-5(16)15-8-3-2-7(13)9-6(4-14-10(8)9)11(17)12(18)19/h2-4,14H,1H3,(H,15,16)(H,18,19). The zero-order valence-corrected chi connectivity index (χ0v) is 9.78. The fourth-order valence-corrected chi connectivity index (χ4v) is 1.80. The van der Waals surface area contributed by atoms with E-state index in [1.807, 2.05) is 0 Å². The van der Waals surface area contributed by atoms with Crippen LogP contribution in [0.1, 0.15) is 17.3 Å². The molecule has 0 saturated carbocycles. The van der Waals surface area contributed by atoms with Crippen molar-refractivity contribution in [3.63, 3.8) is 0 Å². The topological polar surface area (TPSA) is 99.3 Å². The predicted molar refractivity (Wildman–Crippen MR) is 64.5 cm³/mol. The van der Waals surface area contributed by atoms with Crippen LogP contribution in [0.4, 0.5) is 10.1 Å². The van der Waals surface area contributed by atoms with Gasteiger partial charge in [-0.3, -0.25) is 9.59 Å². The van der Waals surface area contributed by atoms with Crippen LogP contribution in [-0.2, 0) is 9.59 Å². The van der Waals surface area contributed by atoms with E-state index in [4.69, 9.17) is 5.11 Å². The first-order valence-corrected chi connectivity index (χ1v) is 5.26. The molecule has 1 aromatic heterocycles. The van der Waals surface area contributed by atoms with E-state index in [9.17, 15) is 18.8 Å². The molecule has 0 fully saturated rings. The van der Waals surface area contributed by atoms with Gasteiger partial charge in [0.2, 0.25) is 5.91 Å². The van der Waals surface area contributed by atoms with Crippen molar-refractivity contribution in [3.8, 4) is 0 Å². The van der Waals surface area contributed by atoms with Gasteiger partial charge in [-0.05, 0) is 12.1 Å². The summed E-state index contributed by atoms with van der Waals surface area (Å²) in [7, 11) is 0.